The van der Waals surface area contributed by atoms with E-state index in [1.807, 2.05) is 6.07 Å². The topological polar surface area (TPSA) is 102 Å². The molecule has 28 heavy (non-hydrogen) atoms. The second kappa shape index (κ2) is 8.51. The van der Waals surface area contributed by atoms with Crippen LogP contribution in [0, 0.1) is 10.1 Å². The zero-order valence-electron chi connectivity index (χ0n) is 15.5. The van der Waals surface area contributed by atoms with Gasteiger partial charge in [0, 0.05) is 23.9 Å². The van der Waals surface area contributed by atoms with Crippen molar-refractivity contribution in [1.82, 2.24) is 0 Å². The average Bonchev–Trinajstić information content (AvgIpc) is 2.71. The van der Waals surface area contributed by atoms with E-state index in [0.29, 0.717) is 12.0 Å². The van der Waals surface area contributed by atoms with Crippen LogP contribution in [-0.2, 0) is 27.3 Å². The number of nitro groups is 1. The molecule has 0 saturated carbocycles. The number of ether oxygens (including phenoxy) is 1. The van der Waals surface area contributed by atoms with Crippen molar-refractivity contribution in [3.63, 3.8) is 0 Å². The maximum Gasteiger partial charge on any atom is 0.397 e. The fraction of sp³-hybridized carbons (Fsp3) is 0.300. The third kappa shape index (κ3) is 3.95. The van der Waals surface area contributed by atoms with Crippen LogP contribution in [0.4, 0.5) is 17.1 Å². The summed E-state index contributed by atoms with van der Waals surface area (Å²) in [5.74, 6) is -1.96. The summed E-state index contributed by atoms with van der Waals surface area (Å²) in [5, 5.41) is 14.9. The number of hydrogen-bond acceptors (Lipinski definition) is 6. The maximum absolute atomic E-state index is 12.9. The van der Waals surface area contributed by atoms with Crippen LogP contribution >= 0.6 is 0 Å². The van der Waals surface area contributed by atoms with Crippen LogP contribution in [0.2, 0.25) is 0 Å². The van der Waals surface area contributed by atoms with Crippen LogP contribution in [0.1, 0.15) is 24.5 Å². The molecule has 0 atom stereocenters. The summed E-state index contributed by atoms with van der Waals surface area (Å²) in [7, 11) is 0. The second-order valence-electron chi connectivity index (χ2n) is 6.34. The Morgan fingerprint density at radius 2 is 1.96 bits per heavy atom. The molecule has 2 aromatic rings. The Balaban J connectivity index is 2.15. The molecule has 146 valence electrons. The predicted molar refractivity (Wildman–Crippen MR) is 104 cm³/mol. The Morgan fingerprint density at radius 3 is 2.64 bits per heavy atom. The number of nitrogens with one attached hydrogen (secondary N) is 1. The van der Waals surface area contributed by atoms with E-state index in [4.69, 9.17) is 4.74 Å². The maximum atomic E-state index is 12.9. The number of carbonyl (C=O) groups excluding carboxylic acids is 2. The van der Waals surface area contributed by atoms with Gasteiger partial charge in [-0.1, -0.05) is 30.3 Å². The number of carbonyl (C=O) groups is 2. The molecule has 1 heterocycles. The smallest absolute Gasteiger partial charge is 0.397 e. The Morgan fingerprint density at radius 1 is 1.21 bits per heavy atom. The molecule has 2 aromatic carbocycles. The van der Waals surface area contributed by atoms with Gasteiger partial charge in [0.25, 0.3) is 5.69 Å². The molecule has 0 saturated heterocycles. The van der Waals surface area contributed by atoms with Crippen molar-refractivity contribution in [2.45, 2.75) is 26.3 Å². The Bertz CT molecular complexity index is 898. The minimum atomic E-state index is -1.03. The van der Waals surface area contributed by atoms with Gasteiger partial charge in [-0.05, 0) is 31.4 Å². The SMILES string of the molecule is CCOC(=O)C(=O)N(Cc1ccccc1)c1c([N+](=O)[O-])ccc2c1CCCN2. The molecular formula is C20H21N3O5. The van der Waals surface area contributed by atoms with E-state index in [0.717, 1.165) is 29.1 Å². The largest absolute Gasteiger partial charge is 0.459 e. The number of amides is 1. The van der Waals surface area contributed by atoms with Crippen molar-refractivity contribution in [3.05, 3.63) is 63.7 Å². The molecule has 0 spiro atoms. The highest BCUT2D eigenvalue weighted by Gasteiger charge is 2.34. The van der Waals surface area contributed by atoms with Crippen LogP contribution in [0.3, 0.4) is 0 Å². The highest BCUT2D eigenvalue weighted by Crippen LogP contribution is 2.40. The van der Waals surface area contributed by atoms with Crippen LogP contribution < -0.4 is 10.2 Å². The first-order valence-corrected chi connectivity index (χ1v) is 9.09. The molecule has 8 heteroatoms. The van der Waals surface area contributed by atoms with Gasteiger partial charge in [-0.15, -0.1) is 0 Å². The molecule has 0 radical (unpaired) electrons. The molecule has 8 nitrogen and oxygen atoms in total. The molecule has 1 aliphatic rings. The van der Waals surface area contributed by atoms with E-state index in [-0.39, 0.29) is 24.5 Å². The lowest BCUT2D eigenvalue weighted by Crippen LogP contribution is -2.38. The molecule has 0 unspecified atom stereocenters. The summed E-state index contributed by atoms with van der Waals surface area (Å²) in [6.07, 6.45) is 1.34. The Kier molecular flexibility index (Phi) is 5.88. The van der Waals surface area contributed by atoms with Gasteiger partial charge in [-0.3, -0.25) is 19.8 Å². The highest BCUT2D eigenvalue weighted by atomic mass is 16.6. The number of anilines is 2. The minimum Gasteiger partial charge on any atom is -0.459 e. The number of nitro benzene ring substituents is 1. The Hall–Kier alpha value is -3.42. The molecule has 1 N–H and O–H groups in total. The molecule has 1 aliphatic heterocycles. The predicted octanol–water partition coefficient (Wildman–Crippen LogP) is 3.05. The van der Waals surface area contributed by atoms with Crippen molar-refractivity contribution >= 4 is 28.9 Å². The zero-order chi connectivity index (χ0) is 20.1. The Labute approximate surface area is 162 Å². The average molecular weight is 383 g/mol. The normalized spacial score (nSPS) is 12.5. The summed E-state index contributed by atoms with van der Waals surface area (Å²) in [4.78, 5) is 37.5. The summed E-state index contributed by atoms with van der Waals surface area (Å²) in [6.45, 7) is 2.41. The van der Waals surface area contributed by atoms with Crippen LogP contribution in [0.15, 0.2) is 42.5 Å². The van der Waals surface area contributed by atoms with Gasteiger partial charge in [0.1, 0.15) is 5.69 Å². The van der Waals surface area contributed by atoms with E-state index < -0.39 is 16.8 Å². The van der Waals surface area contributed by atoms with Crippen LogP contribution in [0.25, 0.3) is 0 Å². The number of hydrogen-bond donors (Lipinski definition) is 1. The summed E-state index contributed by atoms with van der Waals surface area (Å²) in [6, 6.07) is 12.0. The van der Waals surface area contributed by atoms with Crippen LogP contribution in [0.5, 0.6) is 0 Å². The van der Waals surface area contributed by atoms with E-state index >= 15 is 0 Å². The van der Waals surface area contributed by atoms with Gasteiger partial charge in [-0.25, -0.2) is 4.79 Å². The van der Waals surface area contributed by atoms with Gasteiger partial charge < -0.3 is 10.1 Å². The summed E-state index contributed by atoms with van der Waals surface area (Å²) >= 11 is 0. The van der Waals surface area contributed by atoms with Gasteiger partial charge in [0.15, 0.2) is 0 Å². The lowest BCUT2D eigenvalue weighted by atomic mass is 9.98. The lowest BCUT2D eigenvalue weighted by molar-refractivity contribution is -0.384. The molecule has 0 aromatic heterocycles. The molecule has 1 amide bonds. The van der Waals surface area contributed by atoms with Gasteiger partial charge in [0.2, 0.25) is 0 Å². The van der Waals surface area contributed by atoms with E-state index in [9.17, 15) is 19.7 Å². The second-order valence-corrected chi connectivity index (χ2v) is 6.34. The van der Waals surface area contributed by atoms with Crippen molar-refractivity contribution in [2.24, 2.45) is 0 Å². The van der Waals surface area contributed by atoms with Gasteiger partial charge in [-0.2, -0.15) is 0 Å². The monoisotopic (exact) mass is 383 g/mol. The molecular weight excluding hydrogens is 362 g/mol. The van der Waals surface area contributed by atoms with Gasteiger partial charge >= 0.3 is 11.9 Å². The number of benzene rings is 2. The van der Waals surface area contributed by atoms with Gasteiger partial charge in [0.05, 0.1) is 18.1 Å². The lowest BCUT2D eigenvalue weighted by Gasteiger charge is -2.28. The first-order valence-electron chi connectivity index (χ1n) is 9.09. The van der Waals surface area contributed by atoms with E-state index in [2.05, 4.69) is 5.32 Å². The highest BCUT2D eigenvalue weighted by molar-refractivity contribution is 6.38. The zero-order valence-corrected chi connectivity index (χ0v) is 15.5. The molecule has 3 rings (SSSR count). The summed E-state index contributed by atoms with van der Waals surface area (Å²) < 4.78 is 4.87. The van der Waals surface area contributed by atoms with E-state index in [1.54, 1.807) is 37.3 Å². The molecule has 0 fully saturated rings. The molecule has 0 aliphatic carbocycles. The third-order valence-corrected chi connectivity index (χ3v) is 4.53. The summed E-state index contributed by atoms with van der Waals surface area (Å²) in [5.41, 5.74) is 2.08. The fourth-order valence-corrected chi connectivity index (χ4v) is 3.30. The van der Waals surface area contributed by atoms with Crippen molar-refractivity contribution in [2.75, 3.05) is 23.4 Å². The minimum absolute atomic E-state index is 0.0236. The van der Waals surface area contributed by atoms with Crippen molar-refractivity contribution in [1.29, 1.82) is 0 Å². The fourth-order valence-electron chi connectivity index (χ4n) is 3.30. The number of fused-ring (bicyclic) bond motifs is 1. The third-order valence-electron chi connectivity index (χ3n) is 4.53. The van der Waals surface area contributed by atoms with Crippen molar-refractivity contribution < 1.29 is 19.2 Å². The van der Waals surface area contributed by atoms with Crippen molar-refractivity contribution in [3.8, 4) is 0 Å². The standard InChI is InChI=1S/C20H21N3O5/c1-2-28-20(25)19(24)22(13-14-7-4-3-5-8-14)18-15-9-6-12-21-16(15)10-11-17(18)23(26)27/h3-5,7-8,10-11,21H,2,6,9,12-13H2,1H3. The number of nitrogens with zero attached hydrogens (tertiary/aromatic N) is 2. The quantitative estimate of drug-likeness (QED) is 0.368. The number of esters is 1. The van der Waals surface area contributed by atoms with E-state index in [1.165, 1.54) is 6.07 Å². The molecule has 0 bridgehead atoms. The van der Waals surface area contributed by atoms with Crippen LogP contribution in [-0.4, -0.2) is 30.0 Å². The first kappa shape index (κ1) is 19.3. The number of rotatable bonds is 5. The first-order chi connectivity index (χ1) is 13.5.